The Morgan fingerprint density at radius 3 is 2.44 bits per heavy atom. The zero-order chi connectivity index (χ0) is 13.8. The van der Waals surface area contributed by atoms with E-state index in [1.165, 1.54) is 11.5 Å². The van der Waals surface area contributed by atoms with Crippen molar-refractivity contribution in [3.63, 3.8) is 0 Å². The van der Waals surface area contributed by atoms with Crippen LogP contribution in [-0.2, 0) is 11.2 Å². The molecule has 4 nitrogen and oxygen atoms in total. The van der Waals surface area contributed by atoms with Crippen molar-refractivity contribution in [3.8, 4) is 0 Å². The van der Waals surface area contributed by atoms with Crippen LogP contribution in [0, 0.1) is 5.41 Å². The van der Waals surface area contributed by atoms with Crippen LogP contribution in [0.25, 0.3) is 0 Å². The largest absolute Gasteiger partial charge is 0.384 e. The Kier molecular flexibility index (Phi) is 5.10. The highest BCUT2D eigenvalue weighted by atomic mass is 32.1. The van der Waals surface area contributed by atoms with Crippen molar-refractivity contribution >= 4 is 16.7 Å². The summed E-state index contributed by atoms with van der Waals surface area (Å²) in [6, 6.07) is 0. The molecule has 0 aliphatic carbocycles. The van der Waals surface area contributed by atoms with E-state index in [0.717, 1.165) is 23.8 Å². The zero-order valence-electron chi connectivity index (χ0n) is 12.3. The Bertz CT molecular complexity index is 369. The quantitative estimate of drug-likeness (QED) is 0.862. The van der Waals surface area contributed by atoms with Crippen molar-refractivity contribution in [2.45, 2.75) is 53.0 Å². The Hall–Kier alpha value is -0.680. The summed E-state index contributed by atoms with van der Waals surface area (Å²) in [5, 5.41) is 4.37. The number of rotatable bonds is 6. The Morgan fingerprint density at radius 1 is 1.22 bits per heavy atom. The van der Waals surface area contributed by atoms with Gasteiger partial charge in [0.25, 0.3) is 0 Å². The second-order valence-corrected chi connectivity index (χ2v) is 7.26. The van der Waals surface area contributed by atoms with Crippen LogP contribution in [-0.4, -0.2) is 28.6 Å². The van der Waals surface area contributed by atoms with Crippen LogP contribution in [0.15, 0.2) is 0 Å². The highest BCUT2D eigenvalue weighted by Crippen LogP contribution is 2.30. The molecule has 5 heteroatoms. The minimum Gasteiger partial charge on any atom is -0.384 e. The fourth-order valence-electron chi connectivity index (χ4n) is 2.26. The molecule has 0 aliphatic rings. The van der Waals surface area contributed by atoms with E-state index in [4.69, 9.17) is 4.74 Å². The maximum Gasteiger partial charge on any atom is 0.202 e. The molecule has 0 aromatic carbocycles. The molecule has 0 atom stereocenters. The Morgan fingerprint density at radius 2 is 1.89 bits per heavy atom. The second-order valence-electron chi connectivity index (χ2n) is 6.50. The van der Waals surface area contributed by atoms with E-state index in [2.05, 4.69) is 49.3 Å². The van der Waals surface area contributed by atoms with Crippen molar-refractivity contribution in [3.05, 3.63) is 5.82 Å². The van der Waals surface area contributed by atoms with Crippen LogP contribution in [0.5, 0.6) is 0 Å². The fourth-order valence-corrected chi connectivity index (χ4v) is 3.05. The minimum absolute atomic E-state index is 0.0241. The van der Waals surface area contributed by atoms with Crippen LogP contribution in [0.1, 0.15) is 46.9 Å². The van der Waals surface area contributed by atoms with Crippen molar-refractivity contribution in [1.82, 2.24) is 9.36 Å². The number of ether oxygens (including phenoxy) is 1. The molecular weight excluding hydrogens is 246 g/mol. The van der Waals surface area contributed by atoms with Crippen LogP contribution < -0.4 is 5.32 Å². The first-order chi connectivity index (χ1) is 8.22. The first kappa shape index (κ1) is 15.4. The predicted octanol–water partition coefficient (Wildman–Crippen LogP) is 3.35. The Labute approximate surface area is 114 Å². The van der Waals surface area contributed by atoms with Gasteiger partial charge >= 0.3 is 0 Å². The Balaban J connectivity index is 2.58. The smallest absolute Gasteiger partial charge is 0.202 e. The van der Waals surface area contributed by atoms with Gasteiger partial charge in [-0.15, -0.1) is 0 Å². The number of nitrogens with zero attached hydrogens (tertiary/aromatic N) is 2. The third kappa shape index (κ3) is 5.78. The molecular formula is C13H25N3OS. The highest BCUT2D eigenvalue weighted by Gasteiger charge is 2.26. The van der Waals surface area contributed by atoms with E-state index in [9.17, 15) is 0 Å². The summed E-state index contributed by atoms with van der Waals surface area (Å²) in [4.78, 5) is 4.48. The summed E-state index contributed by atoms with van der Waals surface area (Å²) in [7, 11) is 1.69. The summed E-state index contributed by atoms with van der Waals surface area (Å²) >= 11 is 1.43. The lowest BCUT2D eigenvalue weighted by atomic mass is 9.82. The second kappa shape index (κ2) is 5.97. The van der Waals surface area contributed by atoms with Crippen molar-refractivity contribution in [2.24, 2.45) is 5.41 Å². The van der Waals surface area contributed by atoms with Crippen LogP contribution in [0.2, 0.25) is 0 Å². The van der Waals surface area contributed by atoms with Crippen molar-refractivity contribution in [2.75, 3.05) is 19.0 Å². The predicted molar refractivity (Wildman–Crippen MR) is 77.3 cm³/mol. The SMILES string of the molecule is COCCc1nsc(NC(C)(C)CC(C)(C)C)n1. The molecule has 18 heavy (non-hydrogen) atoms. The van der Waals surface area contributed by atoms with E-state index in [1.54, 1.807) is 7.11 Å². The summed E-state index contributed by atoms with van der Waals surface area (Å²) in [6.45, 7) is 11.8. The van der Waals surface area contributed by atoms with Gasteiger partial charge in [0.05, 0.1) is 6.61 Å². The molecule has 0 saturated carbocycles. The van der Waals surface area contributed by atoms with Gasteiger partial charge in [-0.2, -0.15) is 4.37 Å². The number of aromatic nitrogens is 2. The van der Waals surface area contributed by atoms with E-state index in [1.807, 2.05) is 0 Å². The topological polar surface area (TPSA) is 47.0 Å². The van der Waals surface area contributed by atoms with Crippen LogP contribution in [0.4, 0.5) is 5.13 Å². The van der Waals surface area contributed by atoms with Gasteiger partial charge in [0.2, 0.25) is 5.13 Å². The lowest BCUT2D eigenvalue weighted by Gasteiger charge is -2.33. The highest BCUT2D eigenvalue weighted by molar-refractivity contribution is 7.09. The molecule has 1 N–H and O–H groups in total. The van der Waals surface area contributed by atoms with Crippen LogP contribution in [0.3, 0.4) is 0 Å². The molecule has 0 unspecified atom stereocenters. The van der Waals surface area contributed by atoms with Crippen molar-refractivity contribution in [1.29, 1.82) is 0 Å². The molecule has 0 bridgehead atoms. The number of methoxy groups -OCH3 is 1. The molecule has 0 radical (unpaired) electrons. The minimum atomic E-state index is 0.0241. The molecule has 1 aromatic rings. The number of hydrogen-bond donors (Lipinski definition) is 1. The van der Waals surface area contributed by atoms with E-state index in [-0.39, 0.29) is 5.54 Å². The molecule has 0 aliphatic heterocycles. The summed E-state index contributed by atoms with van der Waals surface area (Å²) in [5.74, 6) is 0.857. The zero-order valence-corrected chi connectivity index (χ0v) is 13.1. The fraction of sp³-hybridized carbons (Fsp3) is 0.846. The van der Waals surface area contributed by atoms with E-state index < -0.39 is 0 Å². The molecule has 0 saturated heterocycles. The molecule has 1 aromatic heterocycles. The average Bonchev–Trinajstić information content (AvgIpc) is 2.57. The molecule has 104 valence electrons. The average molecular weight is 271 g/mol. The summed E-state index contributed by atoms with van der Waals surface area (Å²) < 4.78 is 9.35. The van der Waals surface area contributed by atoms with Gasteiger partial charge in [0.1, 0.15) is 5.82 Å². The maximum atomic E-state index is 5.03. The lowest BCUT2D eigenvalue weighted by Crippen LogP contribution is -2.35. The first-order valence-corrected chi connectivity index (χ1v) is 7.09. The number of nitrogens with one attached hydrogen (secondary N) is 1. The third-order valence-electron chi connectivity index (χ3n) is 2.42. The molecule has 0 fully saturated rings. The standard InChI is InChI=1S/C13H25N3OS/c1-12(2,3)9-13(4,5)15-11-14-10(16-18-11)7-8-17-6/h7-9H2,1-6H3,(H,14,15,16). The summed E-state index contributed by atoms with van der Waals surface area (Å²) in [5.41, 5.74) is 0.316. The molecule has 1 rings (SSSR count). The molecule has 1 heterocycles. The number of hydrogen-bond acceptors (Lipinski definition) is 5. The van der Waals surface area contributed by atoms with Gasteiger partial charge in [-0.3, -0.25) is 0 Å². The van der Waals surface area contributed by atoms with Gasteiger partial charge in [-0.1, -0.05) is 20.8 Å². The van der Waals surface area contributed by atoms with Crippen molar-refractivity contribution < 1.29 is 4.74 Å². The maximum absolute atomic E-state index is 5.03. The lowest BCUT2D eigenvalue weighted by molar-refractivity contribution is 0.201. The van der Waals surface area contributed by atoms with Gasteiger partial charge in [-0.05, 0) is 25.7 Å². The monoisotopic (exact) mass is 271 g/mol. The van der Waals surface area contributed by atoms with Gasteiger partial charge < -0.3 is 10.1 Å². The van der Waals surface area contributed by atoms with E-state index in [0.29, 0.717) is 12.0 Å². The van der Waals surface area contributed by atoms with Gasteiger partial charge in [-0.25, -0.2) is 4.98 Å². The van der Waals surface area contributed by atoms with Crippen LogP contribution >= 0.6 is 11.5 Å². The normalized spacial score (nSPS) is 12.8. The summed E-state index contributed by atoms with van der Waals surface area (Å²) in [6.07, 6.45) is 1.85. The first-order valence-electron chi connectivity index (χ1n) is 6.32. The third-order valence-corrected chi connectivity index (χ3v) is 3.08. The number of anilines is 1. The van der Waals surface area contributed by atoms with Gasteiger partial charge in [0, 0.05) is 30.6 Å². The van der Waals surface area contributed by atoms with E-state index >= 15 is 0 Å². The molecule has 0 amide bonds. The molecule has 0 spiro atoms. The van der Waals surface area contributed by atoms with Gasteiger partial charge in [0.15, 0.2) is 0 Å².